The number of fused-ring (bicyclic) bond motifs is 9. The summed E-state index contributed by atoms with van der Waals surface area (Å²) in [6.45, 7) is 5.45. The van der Waals surface area contributed by atoms with Gasteiger partial charge in [-0.2, -0.15) is 0 Å². The number of ether oxygens (including phenoxy) is 5. The number of hydrogen-bond donors (Lipinski definition) is 3. The molecular formula is C72H75N3O15S10. The Morgan fingerprint density at radius 2 is 0.690 bits per heavy atom. The lowest BCUT2D eigenvalue weighted by Crippen LogP contribution is -2.25. The molecule has 0 aromatic heterocycles. The van der Waals surface area contributed by atoms with Gasteiger partial charge in [-0.15, -0.1) is 47.0 Å². The molecule has 9 aromatic carbocycles. The minimum absolute atomic E-state index is 0.0637. The van der Waals surface area contributed by atoms with Crippen molar-refractivity contribution in [2.24, 2.45) is 0 Å². The van der Waals surface area contributed by atoms with E-state index in [4.69, 9.17) is 23.7 Å². The fourth-order valence-corrected chi connectivity index (χ4v) is 23.3. The summed E-state index contributed by atoms with van der Waals surface area (Å²) in [4.78, 5) is 7.96. The standard InChI is InChI=1S/C8H9NO2S.C8H9NOS.C8H9NS.C8H8O4S2.C8H8O3S.C8H8O2S.C8H8O2.C8H8OS.C8H8S2/c10-12(11)6-5-9-7-3-1-2-4-8(7)12;10-11-6-5-9-7-3-1-2-4-8(7)11;1-2-4-8-7(3-1)9-5-6-10-8;9-13(10)5-6-14(11,12)8-4-2-1-3-7(8)13;9-12(10)6-5-11-7-3-1-2-4-8(7)12;9-11-6-5-10-7-3-1-2-4-8(7)11;3*1-2-4-8-7(3-1)9-5-6-10-8/h1-4,9H,5-6H2;1-4,9H,5-6H2;1-4,9H,5-6H2;1-4H,5-6H2;1-4H,5-6H2;1-4H,5-6H2;3*1-4H,5-6H2. The van der Waals surface area contributed by atoms with Crippen LogP contribution in [0.1, 0.15) is 0 Å². The van der Waals surface area contributed by atoms with Gasteiger partial charge >= 0.3 is 0 Å². The lowest BCUT2D eigenvalue weighted by Gasteiger charge is -2.17. The fourth-order valence-electron chi connectivity index (χ4n) is 10.3. The first-order valence-corrected chi connectivity index (χ1v) is 45.0. The molecule has 9 aliphatic rings. The number of anilines is 3. The third-order valence-electron chi connectivity index (χ3n) is 15.1. The lowest BCUT2D eigenvalue weighted by molar-refractivity contribution is 0.171. The molecule has 0 amide bonds. The van der Waals surface area contributed by atoms with Crippen molar-refractivity contribution in [3.63, 3.8) is 0 Å². The van der Waals surface area contributed by atoms with Crippen LogP contribution >= 0.6 is 47.0 Å². The molecule has 3 N–H and O–H groups in total. The van der Waals surface area contributed by atoms with Gasteiger partial charge in [0.15, 0.2) is 50.8 Å². The predicted molar refractivity (Wildman–Crippen MR) is 405 cm³/mol. The van der Waals surface area contributed by atoms with Crippen molar-refractivity contribution in [3.05, 3.63) is 218 Å². The molecule has 0 saturated carbocycles. The predicted octanol–water partition coefficient (Wildman–Crippen LogP) is 13.1. The number of nitrogens with one attached hydrogen (secondary N) is 3. The molecule has 0 fully saturated rings. The van der Waals surface area contributed by atoms with Gasteiger partial charge in [0.05, 0.1) is 92.8 Å². The van der Waals surface area contributed by atoms with Gasteiger partial charge in [-0.3, -0.25) is 8.42 Å². The Kier molecular flexibility index (Phi) is 28.1. The molecule has 0 saturated heterocycles. The number of para-hydroxylation sites is 8. The molecule has 18 nitrogen and oxygen atoms in total. The maximum absolute atomic E-state index is 11.5. The third kappa shape index (κ3) is 21.5. The van der Waals surface area contributed by atoms with Gasteiger partial charge in [0, 0.05) is 73.7 Å². The van der Waals surface area contributed by atoms with E-state index >= 15 is 0 Å². The van der Waals surface area contributed by atoms with Crippen LogP contribution in [0.3, 0.4) is 0 Å². The quantitative estimate of drug-likeness (QED) is 0.128. The first-order chi connectivity index (χ1) is 48.5. The van der Waals surface area contributed by atoms with E-state index in [-0.39, 0.29) is 39.4 Å². The molecule has 100 heavy (non-hydrogen) atoms. The van der Waals surface area contributed by atoms with Crippen LogP contribution < -0.4 is 39.6 Å². The van der Waals surface area contributed by atoms with Crippen LogP contribution in [0.4, 0.5) is 17.1 Å². The van der Waals surface area contributed by atoms with Gasteiger partial charge in [0.1, 0.15) is 48.6 Å². The van der Waals surface area contributed by atoms with Crippen LogP contribution in [0.25, 0.3) is 0 Å². The molecule has 9 aliphatic heterocycles. The highest BCUT2D eigenvalue weighted by atomic mass is 32.2. The van der Waals surface area contributed by atoms with Gasteiger partial charge in [-0.05, 0) is 109 Å². The summed E-state index contributed by atoms with van der Waals surface area (Å²) in [5, 5.41) is 9.58. The zero-order valence-corrected chi connectivity index (χ0v) is 62.4. The van der Waals surface area contributed by atoms with Crippen LogP contribution in [-0.2, 0) is 60.9 Å². The van der Waals surface area contributed by atoms with E-state index in [9.17, 15) is 42.1 Å². The summed E-state index contributed by atoms with van der Waals surface area (Å²) in [5.41, 5.74) is 3.04. The second-order valence-corrected chi connectivity index (χ2v) is 37.9. The molecule has 528 valence electrons. The molecule has 0 aliphatic carbocycles. The number of thioether (sulfide) groups is 4. The first-order valence-electron chi connectivity index (χ1n) is 31.8. The number of hydrogen-bond acceptors (Lipinski definition) is 22. The highest BCUT2D eigenvalue weighted by Crippen LogP contribution is 2.37. The zero-order valence-electron chi connectivity index (χ0n) is 54.2. The lowest BCUT2D eigenvalue weighted by atomic mass is 10.3. The summed E-state index contributed by atoms with van der Waals surface area (Å²) >= 11 is 7.73. The van der Waals surface area contributed by atoms with E-state index in [0.29, 0.717) is 47.7 Å². The summed E-state index contributed by atoms with van der Waals surface area (Å²) in [5.74, 6) is 9.82. The molecule has 0 bridgehead atoms. The van der Waals surface area contributed by atoms with E-state index in [1.165, 1.54) is 66.8 Å². The Balaban J connectivity index is 0.000000122. The van der Waals surface area contributed by atoms with Crippen molar-refractivity contribution in [1.29, 1.82) is 0 Å². The van der Waals surface area contributed by atoms with Gasteiger partial charge in [0.2, 0.25) is 0 Å². The Hall–Kier alpha value is -7.12. The van der Waals surface area contributed by atoms with E-state index in [1.54, 1.807) is 42.5 Å². The van der Waals surface area contributed by atoms with Crippen molar-refractivity contribution in [2.45, 2.75) is 49.0 Å². The summed E-state index contributed by atoms with van der Waals surface area (Å²) in [6, 6.07) is 67.6. The minimum Gasteiger partial charge on any atom is -0.492 e. The molecule has 28 heteroatoms. The average Bonchev–Trinajstić information content (AvgIpc) is 0.763. The molecule has 2 atom stereocenters. The maximum Gasteiger partial charge on any atom is 0.185 e. The third-order valence-corrected chi connectivity index (χ3v) is 29.9. The Bertz CT molecular complexity index is 4260. The first kappa shape index (κ1) is 75.5. The van der Waals surface area contributed by atoms with Crippen molar-refractivity contribution < 1.29 is 65.8 Å². The van der Waals surface area contributed by atoms with Crippen molar-refractivity contribution in [2.75, 3.05) is 126 Å². The van der Waals surface area contributed by atoms with Crippen molar-refractivity contribution >= 4 is 125 Å². The Morgan fingerprint density at radius 1 is 0.280 bits per heavy atom. The van der Waals surface area contributed by atoms with Gasteiger partial charge < -0.3 is 39.6 Å². The van der Waals surface area contributed by atoms with Crippen LogP contribution in [0.5, 0.6) is 28.7 Å². The molecule has 9 heterocycles. The molecular weight excluding hydrogens is 1470 g/mol. The summed E-state index contributed by atoms with van der Waals surface area (Å²) in [6.07, 6.45) is 0. The van der Waals surface area contributed by atoms with Crippen LogP contribution in [0, 0.1) is 0 Å². The van der Waals surface area contributed by atoms with Crippen molar-refractivity contribution in [3.8, 4) is 28.7 Å². The van der Waals surface area contributed by atoms with Gasteiger partial charge in [0.25, 0.3) is 0 Å². The molecule has 18 rings (SSSR count). The number of benzene rings is 9. The molecule has 0 radical (unpaired) electrons. The van der Waals surface area contributed by atoms with Crippen LogP contribution in [-0.4, -0.2) is 152 Å². The van der Waals surface area contributed by atoms with Crippen LogP contribution in [0.2, 0.25) is 0 Å². The van der Waals surface area contributed by atoms with Crippen molar-refractivity contribution in [1.82, 2.24) is 0 Å². The normalized spacial score (nSPS) is 18.9. The molecule has 2 unspecified atom stereocenters. The monoisotopic (exact) mass is 1540 g/mol. The van der Waals surface area contributed by atoms with Gasteiger partial charge in [-0.1, -0.05) is 109 Å². The topological polar surface area (TPSA) is 253 Å². The maximum atomic E-state index is 11.5. The van der Waals surface area contributed by atoms with E-state index in [1.807, 2.05) is 144 Å². The van der Waals surface area contributed by atoms with E-state index in [0.717, 1.165) is 75.4 Å². The van der Waals surface area contributed by atoms with Gasteiger partial charge in [-0.25, -0.2) is 33.7 Å². The molecule has 9 aromatic rings. The van der Waals surface area contributed by atoms with Crippen LogP contribution in [0.15, 0.2) is 267 Å². The molecule has 0 spiro atoms. The van der Waals surface area contributed by atoms with E-state index in [2.05, 4.69) is 70.5 Å². The summed E-state index contributed by atoms with van der Waals surface area (Å²) < 4.78 is 141. The second kappa shape index (κ2) is 37.2. The SMILES string of the molecule is O=S1(=O)CCNc2ccccc21.O=S1(=O)CCOc2ccccc21.O=S1(=O)CCS(=O)(=O)c2ccccc21.O=S1CCNc2ccccc21.O=S1CCOc2ccccc21.c1ccc2c(c1)NCCS2.c1ccc2c(c1)OCCO2.c1ccc2c(c1)OCCS2.c1ccc2c(c1)SCCS2. The zero-order chi connectivity index (χ0) is 70.2. The highest BCUT2D eigenvalue weighted by Gasteiger charge is 2.33. The number of sulfone groups is 4. The van der Waals surface area contributed by atoms with E-state index < -0.39 is 60.9 Å². The second-order valence-electron chi connectivity index (χ2n) is 22.0. The number of rotatable bonds is 0. The Labute approximate surface area is 607 Å². The fraction of sp³-hybridized carbons (Fsp3) is 0.250. The smallest absolute Gasteiger partial charge is 0.185 e. The average molecular weight is 1540 g/mol. The highest BCUT2D eigenvalue weighted by molar-refractivity contribution is 8.05. The largest absolute Gasteiger partial charge is 0.492 e. The Morgan fingerprint density at radius 3 is 1.28 bits per heavy atom. The summed E-state index contributed by atoms with van der Waals surface area (Å²) in [7, 11) is -14.5. The minimum atomic E-state index is -3.39.